The van der Waals surface area contributed by atoms with Gasteiger partial charge < -0.3 is 4.74 Å². The van der Waals surface area contributed by atoms with Crippen molar-refractivity contribution in [3.05, 3.63) is 63.9 Å². The van der Waals surface area contributed by atoms with Crippen LogP contribution < -0.4 is 4.74 Å². The van der Waals surface area contributed by atoms with Crippen LogP contribution in [-0.2, 0) is 0 Å². The van der Waals surface area contributed by atoms with Crippen molar-refractivity contribution >= 4 is 21.6 Å². The molecule has 0 aliphatic carbocycles. The Kier molecular flexibility index (Phi) is 3.72. The standard InChI is InChI=1S/C16H10BrFN2O/c17-12-6-11-14(20-9-19)8-15(10-4-2-1-3-5-10)21-16(11)7-13(12)18/h1-7,15H,8H2/b20-14+. The summed E-state index contributed by atoms with van der Waals surface area (Å²) in [5, 5.41) is 8.86. The van der Waals surface area contributed by atoms with Crippen molar-refractivity contribution < 1.29 is 9.13 Å². The van der Waals surface area contributed by atoms with Crippen molar-refractivity contribution in [2.75, 3.05) is 0 Å². The first-order valence-electron chi connectivity index (χ1n) is 6.35. The van der Waals surface area contributed by atoms with Crippen molar-refractivity contribution in [3.63, 3.8) is 0 Å². The number of hydrogen-bond acceptors (Lipinski definition) is 3. The second-order valence-corrected chi connectivity index (χ2v) is 5.50. The van der Waals surface area contributed by atoms with Gasteiger partial charge in [0.15, 0.2) is 0 Å². The number of nitriles is 1. The Morgan fingerprint density at radius 3 is 2.76 bits per heavy atom. The van der Waals surface area contributed by atoms with E-state index in [4.69, 9.17) is 10.00 Å². The maximum Gasteiger partial charge on any atom is 0.205 e. The lowest BCUT2D eigenvalue weighted by Gasteiger charge is -2.27. The highest BCUT2D eigenvalue weighted by Crippen LogP contribution is 2.37. The van der Waals surface area contributed by atoms with Crippen LogP contribution in [0.3, 0.4) is 0 Å². The number of rotatable bonds is 1. The predicted molar refractivity (Wildman–Crippen MR) is 80.7 cm³/mol. The van der Waals surface area contributed by atoms with Crippen molar-refractivity contribution in [2.45, 2.75) is 12.5 Å². The van der Waals surface area contributed by atoms with E-state index in [1.165, 1.54) is 6.07 Å². The summed E-state index contributed by atoms with van der Waals surface area (Å²) in [4.78, 5) is 3.87. The minimum Gasteiger partial charge on any atom is -0.485 e. The number of hydrogen-bond donors (Lipinski definition) is 0. The fourth-order valence-corrected chi connectivity index (χ4v) is 2.70. The molecule has 104 valence electrons. The molecule has 0 amide bonds. The molecule has 2 aromatic rings. The zero-order valence-corrected chi connectivity index (χ0v) is 12.5. The molecule has 3 nitrogen and oxygen atoms in total. The molecular formula is C16H10BrFN2O. The van der Waals surface area contributed by atoms with Crippen LogP contribution in [0, 0.1) is 17.3 Å². The zero-order valence-electron chi connectivity index (χ0n) is 10.9. The zero-order chi connectivity index (χ0) is 14.8. The summed E-state index contributed by atoms with van der Waals surface area (Å²) in [7, 11) is 0. The van der Waals surface area contributed by atoms with Crippen LogP contribution in [0.2, 0.25) is 0 Å². The molecule has 1 unspecified atom stereocenters. The van der Waals surface area contributed by atoms with Crippen LogP contribution in [0.5, 0.6) is 5.75 Å². The fourth-order valence-electron chi connectivity index (χ4n) is 2.35. The Labute approximate surface area is 129 Å². The third-order valence-corrected chi connectivity index (χ3v) is 3.95. The van der Waals surface area contributed by atoms with Gasteiger partial charge in [0, 0.05) is 18.1 Å². The predicted octanol–water partition coefficient (Wildman–Crippen LogP) is 4.38. The van der Waals surface area contributed by atoms with Gasteiger partial charge in [-0.2, -0.15) is 10.3 Å². The van der Waals surface area contributed by atoms with Crippen LogP contribution in [-0.4, -0.2) is 5.71 Å². The maximum atomic E-state index is 13.7. The summed E-state index contributed by atoms with van der Waals surface area (Å²) < 4.78 is 19.9. The van der Waals surface area contributed by atoms with Crippen LogP contribution in [0.1, 0.15) is 23.7 Å². The second kappa shape index (κ2) is 5.66. The Balaban J connectivity index is 2.08. The summed E-state index contributed by atoms with van der Waals surface area (Å²) in [5.74, 6) is 0.00331. The molecule has 0 bridgehead atoms. The lowest BCUT2D eigenvalue weighted by atomic mass is 9.95. The molecule has 0 aromatic heterocycles. The van der Waals surface area contributed by atoms with Crippen LogP contribution in [0.4, 0.5) is 4.39 Å². The van der Waals surface area contributed by atoms with Crippen LogP contribution >= 0.6 is 15.9 Å². The van der Waals surface area contributed by atoms with E-state index in [0.717, 1.165) is 5.56 Å². The van der Waals surface area contributed by atoms with E-state index in [0.29, 0.717) is 27.9 Å². The van der Waals surface area contributed by atoms with Gasteiger partial charge in [-0.05, 0) is 27.6 Å². The van der Waals surface area contributed by atoms with E-state index >= 15 is 0 Å². The first-order valence-corrected chi connectivity index (χ1v) is 7.15. The van der Waals surface area contributed by atoms with Crippen molar-refractivity contribution in [3.8, 4) is 11.9 Å². The molecule has 1 aliphatic heterocycles. The monoisotopic (exact) mass is 344 g/mol. The lowest BCUT2D eigenvalue weighted by Crippen LogP contribution is -2.21. The smallest absolute Gasteiger partial charge is 0.205 e. The number of nitrogens with zero attached hydrogens (tertiary/aromatic N) is 2. The van der Waals surface area contributed by atoms with E-state index in [1.807, 2.05) is 36.5 Å². The number of ether oxygens (including phenoxy) is 1. The quantitative estimate of drug-likeness (QED) is 0.720. The molecule has 5 heteroatoms. The Bertz CT molecular complexity index is 753. The summed E-state index contributed by atoms with van der Waals surface area (Å²) in [5.41, 5.74) is 2.22. The number of fused-ring (bicyclic) bond motifs is 1. The highest BCUT2D eigenvalue weighted by atomic mass is 79.9. The van der Waals surface area contributed by atoms with Gasteiger partial charge in [0.1, 0.15) is 17.7 Å². The highest BCUT2D eigenvalue weighted by molar-refractivity contribution is 9.10. The average Bonchev–Trinajstić information content (AvgIpc) is 2.50. The molecule has 1 heterocycles. The fraction of sp³-hybridized carbons (Fsp3) is 0.125. The number of halogens is 2. The summed E-state index contributed by atoms with van der Waals surface area (Å²) >= 11 is 3.14. The van der Waals surface area contributed by atoms with E-state index in [1.54, 1.807) is 6.07 Å². The van der Waals surface area contributed by atoms with Gasteiger partial charge in [-0.1, -0.05) is 30.3 Å². The van der Waals surface area contributed by atoms with E-state index < -0.39 is 5.82 Å². The maximum absolute atomic E-state index is 13.7. The Hall–Kier alpha value is -2.19. The number of benzene rings is 2. The van der Waals surface area contributed by atoms with Crippen LogP contribution in [0.25, 0.3) is 0 Å². The normalized spacial score (nSPS) is 18.7. The molecular weight excluding hydrogens is 335 g/mol. The van der Waals surface area contributed by atoms with Gasteiger partial charge in [0.2, 0.25) is 6.19 Å². The molecule has 0 fully saturated rings. The van der Waals surface area contributed by atoms with Gasteiger partial charge in [-0.3, -0.25) is 0 Å². The molecule has 21 heavy (non-hydrogen) atoms. The largest absolute Gasteiger partial charge is 0.485 e. The van der Waals surface area contributed by atoms with E-state index in [2.05, 4.69) is 20.9 Å². The highest BCUT2D eigenvalue weighted by Gasteiger charge is 2.27. The topological polar surface area (TPSA) is 45.4 Å². The third-order valence-electron chi connectivity index (χ3n) is 3.34. The first kappa shape index (κ1) is 13.8. The summed E-state index contributed by atoms with van der Waals surface area (Å²) in [6, 6.07) is 12.5. The molecule has 0 saturated carbocycles. The average molecular weight is 345 g/mol. The molecule has 0 spiro atoms. The van der Waals surface area contributed by atoms with Gasteiger partial charge >= 0.3 is 0 Å². The summed E-state index contributed by atoms with van der Waals surface area (Å²) in [6.45, 7) is 0. The van der Waals surface area contributed by atoms with Gasteiger partial charge in [-0.15, -0.1) is 0 Å². The molecule has 0 saturated heterocycles. The molecule has 0 N–H and O–H groups in total. The first-order chi connectivity index (χ1) is 10.2. The molecule has 1 aliphatic rings. The SMILES string of the molecule is N#C/N=C1\CC(c2ccccc2)Oc2cc(F)c(Br)cc21. The van der Waals surface area contributed by atoms with Crippen molar-refractivity contribution in [1.82, 2.24) is 0 Å². The number of aliphatic imine (C=N–C) groups is 1. The molecule has 2 aromatic carbocycles. The van der Waals surface area contributed by atoms with Gasteiger partial charge in [0.25, 0.3) is 0 Å². The van der Waals surface area contributed by atoms with E-state index in [-0.39, 0.29) is 6.10 Å². The lowest BCUT2D eigenvalue weighted by molar-refractivity contribution is 0.205. The van der Waals surface area contributed by atoms with Crippen LogP contribution in [0.15, 0.2) is 51.9 Å². The minimum absolute atomic E-state index is 0.272. The summed E-state index contributed by atoms with van der Waals surface area (Å²) in [6.07, 6.45) is 2.01. The van der Waals surface area contributed by atoms with Crippen molar-refractivity contribution in [1.29, 1.82) is 5.26 Å². The Morgan fingerprint density at radius 2 is 2.05 bits per heavy atom. The third kappa shape index (κ3) is 2.67. The molecule has 0 radical (unpaired) electrons. The van der Waals surface area contributed by atoms with E-state index in [9.17, 15) is 4.39 Å². The van der Waals surface area contributed by atoms with Gasteiger partial charge in [-0.25, -0.2) is 4.39 Å². The van der Waals surface area contributed by atoms with Crippen molar-refractivity contribution in [2.24, 2.45) is 4.99 Å². The molecule has 1 atom stereocenters. The Morgan fingerprint density at radius 1 is 1.29 bits per heavy atom. The molecule has 3 rings (SSSR count). The van der Waals surface area contributed by atoms with Gasteiger partial charge in [0.05, 0.1) is 10.2 Å². The minimum atomic E-state index is -0.404. The second-order valence-electron chi connectivity index (χ2n) is 4.64.